The van der Waals surface area contributed by atoms with Crippen LogP contribution in [0.4, 0.5) is 8.78 Å². The van der Waals surface area contributed by atoms with Crippen LogP contribution in [-0.2, 0) is 19.5 Å². The smallest absolute Gasteiger partial charge is 0.399 e. The molecular formula is C15H17BBrF2O5PS. The molecule has 11 heteroatoms. The van der Waals surface area contributed by atoms with E-state index in [1.165, 1.54) is 0 Å². The number of halogens is 3. The van der Waals surface area contributed by atoms with Crippen LogP contribution in [-0.4, -0.2) is 28.1 Å². The van der Waals surface area contributed by atoms with Crippen molar-refractivity contribution in [1.29, 1.82) is 0 Å². The van der Waals surface area contributed by atoms with Gasteiger partial charge in [-0.15, -0.1) is 11.3 Å². The Morgan fingerprint density at radius 3 is 2.23 bits per heavy atom. The number of benzene rings is 1. The molecule has 0 amide bonds. The van der Waals surface area contributed by atoms with Crippen molar-refractivity contribution in [1.82, 2.24) is 0 Å². The molecule has 1 aromatic heterocycles. The topological polar surface area (TPSA) is 76.0 Å². The lowest BCUT2D eigenvalue weighted by atomic mass is 9.79. The van der Waals surface area contributed by atoms with Gasteiger partial charge in [-0.1, -0.05) is 12.1 Å². The molecule has 0 unspecified atom stereocenters. The van der Waals surface area contributed by atoms with Crippen molar-refractivity contribution in [3.05, 3.63) is 27.5 Å². The molecule has 5 nitrogen and oxygen atoms in total. The van der Waals surface area contributed by atoms with E-state index in [4.69, 9.17) is 19.1 Å². The molecule has 3 rings (SSSR count). The number of hydrogen-bond acceptors (Lipinski definition) is 4. The molecule has 2 heterocycles. The van der Waals surface area contributed by atoms with Crippen molar-refractivity contribution < 1.29 is 32.4 Å². The van der Waals surface area contributed by atoms with Gasteiger partial charge in [0.25, 0.3) is 0 Å². The molecule has 26 heavy (non-hydrogen) atoms. The van der Waals surface area contributed by atoms with Crippen LogP contribution in [0, 0.1) is 0 Å². The van der Waals surface area contributed by atoms with Crippen LogP contribution in [0.3, 0.4) is 0 Å². The second kappa shape index (κ2) is 6.07. The molecule has 0 aliphatic carbocycles. The first-order chi connectivity index (χ1) is 11.7. The molecular weight excluding hydrogens is 452 g/mol. The predicted octanol–water partition coefficient (Wildman–Crippen LogP) is 4.19. The second-order valence-corrected chi connectivity index (χ2v) is 10.7. The highest BCUT2D eigenvalue weighted by Crippen LogP contribution is 2.62. The maximum atomic E-state index is 14.1. The molecule has 1 aromatic carbocycles. The first-order valence-electron chi connectivity index (χ1n) is 7.69. The van der Waals surface area contributed by atoms with Gasteiger partial charge in [-0.3, -0.25) is 4.57 Å². The number of fused-ring (bicyclic) bond motifs is 1. The molecule has 0 bridgehead atoms. The van der Waals surface area contributed by atoms with E-state index in [1.54, 1.807) is 18.2 Å². The van der Waals surface area contributed by atoms with Gasteiger partial charge in [0.15, 0.2) is 0 Å². The minimum Gasteiger partial charge on any atom is -0.399 e. The van der Waals surface area contributed by atoms with E-state index < -0.39 is 36.5 Å². The van der Waals surface area contributed by atoms with Crippen LogP contribution in [0.1, 0.15) is 32.6 Å². The normalized spacial score (nSPS) is 20.1. The fraction of sp³-hybridized carbons (Fsp3) is 0.467. The monoisotopic (exact) mass is 468 g/mol. The minimum absolute atomic E-state index is 0.0378. The van der Waals surface area contributed by atoms with Crippen LogP contribution < -0.4 is 5.46 Å². The summed E-state index contributed by atoms with van der Waals surface area (Å²) in [5, 5.41) is 0.422. The highest BCUT2D eigenvalue weighted by atomic mass is 79.9. The molecule has 0 radical (unpaired) electrons. The van der Waals surface area contributed by atoms with Gasteiger partial charge in [-0.05, 0) is 55.2 Å². The third-order valence-corrected chi connectivity index (χ3v) is 8.25. The summed E-state index contributed by atoms with van der Waals surface area (Å²) >= 11 is 3.71. The lowest BCUT2D eigenvalue weighted by Crippen LogP contribution is -2.41. The Kier molecular flexibility index (Phi) is 4.76. The SMILES string of the molecule is CC1(C)OB(c2ccc3sc(C(F)(F)P(=O)(O)O)c(Br)c3c2)OC1(C)C. The van der Waals surface area contributed by atoms with Crippen LogP contribution in [0.5, 0.6) is 0 Å². The van der Waals surface area contributed by atoms with Gasteiger partial charge >= 0.3 is 20.4 Å². The number of hydrogen-bond donors (Lipinski definition) is 2. The third kappa shape index (κ3) is 3.09. The molecule has 2 aromatic rings. The maximum Gasteiger partial charge on any atom is 0.494 e. The molecule has 0 spiro atoms. The van der Waals surface area contributed by atoms with Crippen molar-refractivity contribution in [2.75, 3.05) is 0 Å². The number of thiophene rings is 1. The zero-order chi connectivity index (χ0) is 19.7. The van der Waals surface area contributed by atoms with E-state index in [-0.39, 0.29) is 4.47 Å². The van der Waals surface area contributed by atoms with Crippen LogP contribution in [0.15, 0.2) is 22.7 Å². The zero-order valence-corrected chi connectivity index (χ0v) is 17.7. The lowest BCUT2D eigenvalue weighted by molar-refractivity contribution is 0.00578. The summed E-state index contributed by atoms with van der Waals surface area (Å²) in [5.41, 5.74) is -4.71. The Labute approximate surface area is 162 Å². The summed E-state index contributed by atoms with van der Waals surface area (Å²) in [5.74, 6) is 0. The molecule has 0 saturated carbocycles. The summed E-state index contributed by atoms with van der Waals surface area (Å²) < 4.78 is 51.8. The maximum absolute atomic E-state index is 14.1. The highest BCUT2D eigenvalue weighted by molar-refractivity contribution is 9.10. The van der Waals surface area contributed by atoms with Gasteiger partial charge in [0.2, 0.25) is 0 Å². The molecule has 2 N–H and O–H groups in total. The Hall–Kier alpha value is -0.345. The average Bonchev–Trinajstić information content (AvgIpc) is 2.92. The zero-order valence-electron chi connectivity index (χ0n) is 14.4. The largest absolute Gasteiger partial charge is 0.494 e. The number of alkyl halides is 2. The van der Waals surface area contributed by atoms with Gasteiger partial charge in [-0.2, -0.15) is 8.78 Å². The highest BCUT2D eigenvalue weighted by Gasteiger charge is 2.54. The van der Waals surface area contributed by atoms with Crippen molar-refractivity contribution in [2.45, 2.75) is 44.6 Å². The summed E-state index contributed by atoms with van der Waals surface area (Å²) in [4.78, 5) is 17.3. The van der Waals surface area contributed by atoms with Gasteiger partial charge in [0, 0.05) is 14.6 Å². The van der Waals surface area contributed by atoms with E-state index in [9.17, 15) is 13.3 Å². The van der Waals surface area contributed by atoms with E-state index in [0.29, 0.717) is 26.9 Å². The summed E-state index contributed by atoms with van der Waals surface area (Å²) in [6.07, 6.45) is 0. The fourth-order valence-corrected chi connectivity index (χ4v) is 5.46. The predicted molar refractivity (Wildman–Crippen MR) is 101 cm³/mol. The van der Waals surface area contributed by atoms with Crippen molar-refractivity contribution >= 4 is 57.5 Å². The van der Waals surface area contributed by atoms with E-state index in [0.717, 1.165) is 0 Å². The first-order valence-corrected chi connectivity index (χ1v) is 10.9. The average molecular weight is 469 g/mol. The van der Waals surface area contributed by atoms with Gasteiger partial charge < -0.3 is 19.1 Å². The van der Waals surface area contributed by atoms with E-state index >= 15 is 0 Å². The summed E-state index contributed by atoms with van der Waals surface area (Å²) in [6.45, 7) is 7.63. The third-order valence-electron chi connectivity index (χ3n) is 4.82. The molecule has 1 aliphatic heterocycles. The van der Waals surface area contributed by atoms with Crippen molar-refractivity contribution in [3.63, 3.8) is 0 Å². The summed E-state index contributed by atoms with van der Waals surface area (Å²) in [6, 6.07) is 4.95. The summed E-state index contributed by atoms with van der Waals surface area (Å²) in [7, 11) is -6.31. The Morgan fingerprint density at radius 2 is 1.73 bits per heavy atom. The molecule has 0 atom stereocenters. The molecule has 1 fully saturated rings. The molecule has 1 aliphatic rings. The standard InChI is InChI=1S/C15H17BBrF2O5PS/c1-13(2)14(3,4)24-16(23-13)8-5-6-10-9(7-8)11(17)12(26-10)15(18,19)25(20,21)22/h5-7H,1-4H3,(H2,20,21,22). The van der Waals surface area contributed by atoms with Crippen LogP contribution in [0.2, 0.25) is 0 Å². The molecule has 1 saturated heterocycles. The fourth-order valence-electron chi connectivity index (χ4n) is 2.54. The van der Waals surface area contributed by atoms with Crippen LogP contribution >= 0.6 is 34.9 Å². The van der Waals surface area contributed by atoms with Crippen molar-refractivity contribution in [3.8, 4) is 0 Å². The Bertz CT molecular complexity index is 910. The van der Waals surface area contributed by atoms with Crippen LogP contribution in [0.25, 0.3) is 10.1 Å². The van der Waals surface area contributed by atoms with Crippen molar-refractivity contribution in [2.24, 2.45) is 0 Å². The van der Waals surface area contributed by atoms with Gasteiger partial charge in [0.1, 0.15) is 4.88 Å². The minimum atomic E-state index is -5.64. The Balaban J connectivity index is 2.06. The lowest BCUT2D eigenvalue weighted by Gasteiger charge is -2.32. The van der Waals surface area contributed by atoms with E-state index in [2.05, 4.69) is 15.9 Å². The first kappa shape index (κ1) is 20.4. The van der Waals surface area contributed by atoms with Gasteiger partial charge in [-0.25, -0.2) is 0 Å². The quantitative estimate of drug-likeness (QED) is 0.521. The number of rotatable bonds is 3. The van der Waals surface area contributed by atoms with Gasteiger partial charge in [0.05, 0.1) is 11.2 Å². The second-order valence-electron chi connectivity index (χ2n) is 7.17. The van der Waals surface area contributed by atoms with E-state index in [1.807, 2.05) is 27.7 Å². The Morgan fingerprint density at radius 1 is 1.19 bits per heavy atom. The molecule has 142 valence electrons.